The summed E-state index contributed by atoms with van der Waals surface area (Å²) in [6, 6.07) is 4.74. The Kier molecular flexibility index (Phi) is 4.60. The van der Waals surface area contributed by atoms with E-state index >= 15 is 0 Å². The number of carboxylic acids is 1. The fourth-order valence-electron chi connectivity index (χ4n) is 1.56. The van der Waals surface area contributed by atoms with Crippen LogP contribution in [0.3, 0.4) is 0 Å². The van der Waals surface area contributed by atoms with Crippen molar-refractivity contribution in [1.82, 2.24) is 0 Å². The van der Waals surface area contributed by atoms with Crippen LogP contribution in [0.5, 0.6) is 0 Å². The lowest BCUT2D eigenvalue weighted by Gasteiger charge is -2.16. The molecular formula is C12H16O6S2. The molecule has 0 aromatic heterocycles. The van der Waals surface area contributed by atoms with E-state index in [0.717, 1.165) is 6.26 Å². The number of hydrogen-bond donors (Lipinski definition) is 1. The lowest BCUT2D eigenvalue weighted by Crippen LogP contribution is -2.30. The Morgan fingerprint density at radius 1 is 1.00 bits per heavy atom. The quantitative estimate of drug-likeness (QED) is 0.866. The molecule has 1 rings (SSSR count). The first-order valence-corrected chi connectivity index (χ1v) is 9.18. The Morgan fingerprint density at radius 3 is 1.75 bits per heavy atom. The zero-order chi connectivity index (χ0) is 15.7. The van der Waals surface area contributed by atoms with Crippen molar-refractivity contribution in [1.29, 1.82) is 0 Å². The topological polar surface area (TPSA) is 106 Å². The number of benzene rings is 1. The Hall–Kier alpha value is -1.41. The number of hydrogen-bond acceptors (Lipinski definition) is 5. The molecule has 0 spiro atoms. The fourth-order valence-corrected chi connectivity index (χ4v) is 3.79. The summed E-state index contributed by atoms with van der Waals surface area (Å²) in [5, 5.41) is 7.76. The summed E-state index contributed by atoms with van der Waals surface area (Å²) in [4.78, 5) is 10.8. The highest BCUT2D eigenvalue weighted by Crippen LogP contribution is 2.23. The molecule has 0 heterocycles. The van der Waals surface area contributed by atoms with E-state index in [2.05, 4.69) is 0 Å². The highest BCUT2D eigenvalue weighted by atomic mass is 32.2. The third kappa shape index (κ3) is 3.37. The Labute approximate surface area is 118 Å². The Morgan fingerprint density at radius 2 is 1.40 bits per heavy atom. The molecule has 1 N–H and O–H groups in total. The van der Waals surface area contributed by atoms with Crippen LogP contribution in [-0.2, 0) is 24.5 Å². The van der Waals surface area contributed by atoms with Crippen LogP contribution in [0.2, 0.25) is 0 Å². The average molecular weight is 320 g/mol. The molecule has 2 unspecified atom stereocenters. The third-order valence-electron chi connectivity index (χ3n) is 3.16. The highest BCUT2D eigenvalue weighted by molar-refractivity contribution is 7.92. The van der Waals surface area contributed by atoms with E-state index in [4.69, 9.17) is 5.11 Å². The van der Waals surface area contributed by atoms with Gasteiger partial charge in [-0.05, 0) is 31.2 Å². The molecule has 0 amide bonds. The van der Waals surface area contributed by atoms with Crippen molar-refractivity contribution in [2.75, 3.05) is 6.26 Å². The molecule has 0 radical (unpaired) electrons. The Balaban J connectivity index is 3.21. The summed E-state index contributed by atoms with van der Waals surface area (Å²) < 4.78 is 47.0. The molecule has 8 heteroatoms. The lowest BCUT2D eigenvalue weighted by atomic mass is 10.1. The fraction of sp³-hybridized carbons (Fsp3) is 0.417. The molecule has 0 aliphatic heterocycles. The summed E-state index contributed by atoms with van der Waals surface area (Å²) in [6.07, 6.45) is 1.02. The van der Waals surface area contributed by atoms with E-state index in [1.165, 1.54) is 38.1 Å². The molecular weight excluding hydrogens is 304 g/mol. The molecule has 0 bridgehead atoms. The molecule has 6 nitrogen and oxygen atoms in total. The van der Waals surface area contributed by atoms with Crippen molar-refractivity contribution in [3.05, 3.63) is 24.3 Å². The normalized spacial score (nSPS) is 15.6. The minimum Gasteiger partial charge on any atom is -0.481 e. The Bertz CT molecular complexity index is 701. The second-order valence-electron chi connectivity index (χ2n) is 4.62. The van der Waals surface area contributed by atoms with Gasteiger partial charge in [0.15, 0.2) is 19.7 Å². The summed E-state index contributed by atoms with van der Waals surface area (Å²) in [6.45, 7) is 2.63. The van der Waals surface area contributed by atoms with Crippen LogP contribution in [0, 0.1) is 5.92 Å². The number of sulfone groups is 2. The van der Waals surface area contributed by atoms with E-state index in [9.17, 15) is 21.6 Å². The van der Waals surface area contributed by atoms with Crippen molar-refractivity contribution in [3.63, 3.8) is 0 Å². The van der Waals surface area contributed by atoms with Gasteiger partial charge in [-0.1, -0.05) is 6.92 Å². The first kappa shape index (κ1) is 16.6. The smallest absolute Gasteiger partial charge is 0.307 e. The first-order valence-electron chi connectivity index (χ1n) is 5.74. The van der Waals surface area contributed by atoms with Gasteiger partial charge in [-0.3, -0.25) is 4.79 Å². The molecule has 1 aromatic carbocycles. The second-order valence-corrected chi connectivity index (χ2v) is 8.94. The first-order chi connectivity index (χ1) is 8.98. The van der Waals surface area contributed by atoms with Crippen molar-refractivity contribution in [2.45, 2.75) is 28.9 Å². The van der Waals surface area contributed by atoms with E-state index in [1.807, 2.05) is 0 Å². The minimum absolute atomic E-state index is 0.00962. The van der Waals surface area contributed by atoms with Gasteiger partial charge in [0, 0.05) is 6.26 Å². The van der Waals surface area contributed by atoms with Crippen molar-refractivity contribution in [3.8, 4) is 0 Å². The molecule has 112 valence electrons. The minimum atomic E-state index is -3.82. The van der Waals surface area contributed by atoms with E-state index in [-0.39, 0.29) is 9.79 Å². The van der Waals surface area contributed by atoms with Gasteiger partial charge in [-0.2, -0.15) is 0 Å². The zero-order valence-electron chi connectivity index (χ0n) is 11.3. The molecule has 0 aliphatic rings. The van der Waals surface area contributed by atoms with Gasteiger partial charge in [0.05, 0.1) is 21.0 Å². The summed E-state index contributed by atoms with van der Waals surface area (Å²) in [5.74, 6) is -2.26. The van der Waals surface area contributed by atoms with Crippen LogP contribution in [0.15, 0.2) is 34.1 Å². The van der Waals surface area contributed by atoms with Crippen LogP contribution in [0.25, 0.3) is 0 Å². The molecule has 2 atom stereocenters. The van der Waals surface area contributed by atoms with Gasteiger partial charge in [-0.15, -0.1) is 0 Å². The van der Waals surface area contributed by atoms with Crippen LogP contribution in [0.4, 0.5) is 0 Å². The number of aliphatic carboxylic acids is 1. The van der Waals surface area contributed by atoms with Crippen molar-refractivity contribution < 1.29 is 26.7 Å². The predicted molar refractivity (Wildman–Crippen MR) is 73.0 cm³/mol. The number of carbonyl (C=O) groups is 1. The molecule has 0 saturated carbocycles. The van der Waals surface area contributed by atoms with Gasteiger partial charge >= 0.3 is 5.97 Å². The largest absolute Gasteiger partial charge is 0.481 e. The second kappa shape index (κ2) is 5.53. The van der Waals surface area contributed by atoms with Crippen LogP contribution in [-0.4, -0.2) is 39.4 Å². The van der Waals surface area contributed by atoms with Crippen molar-refractivity contribution >= 4 is 25.6 Å². The van der Waals surface area contributed by atoms with Crippen molar-refractivity contribution in [2.24, 2.45) is 5.92 Å². The van der Waals surface area contributed by atoms with Crippen LogP contribution in [0.1, 0.15) is 13.8 Å². The standard InChI is InChI=1S/C12H16O6S2/c1-8(12(13)14)9(2)20(17,18)11-6-4-10(5-7-11)19(3,15)16/h4-9H,1-3H3,(H,13,14). The zero-order valence-corrected chi connectivity index (χ0v) is 12.9. The van der Waals surface area contributed by atoms with Crippen LogP contribution >= 0.6 is 0 Å². The van der Waals surface area contributed by atoms with Gasteiger partial charge < -0.3 is 5.11 Å². The number of carboxylic acid groups (broad SMARTS) is 1. The SMILES string of the molecule is CC(C(=O)O)C(C)S(=O)(=O)c1ccc(S(C)(=O)=O)cc1. The molecule has 0 aliphatic carbocycles. The molecule has 20 heavy (non-hydrogen) atoms. The van der Waals surface area contributed by atoms with E-state index in [1.54, 1.807) is 0 Å². The van der Waals surface area contributed by atoms with Gasteiger partial charge in [0.25, 0.3) is 0 Å². The summed E-state index contributed by atoms with van der Waals surface area (Å²) >= 11 is 0. The van der Waals surface area contributed by atoms with Crippen LogP contribution < -0.4 is 0 Å². The van der Waals surface area contributed by atoms with E-state index < -0.39 is 36.8 Å². The summed E-state index contributed by atoms with van der Waals surface area (Å²) in [7, 11) is -7.23. The molecule has 0 fully saturated rings. The maximum atomic E-state index is 12.2. The summed E-state index contributed by atoms with van der Waals surface area (Å²) in [5.41, 5.74) is 0. The van der Waals surface area contributed by atoms with Gasteiger partial charge in [0.2, 0.25) is 0 Å². The van der Waals surface area contributed by atoms with Gasteiger partial charge in [-0.25, -0.2) is 16.8 Å². The van der Waals surface area contributed by atoms with Gasteiger partial charge in [0.1, 0.15) is 0 Å². The third-order valence-corrected chi connectivity index (χ3v) is 6.61. The highest BCUT2D eigenvalue weighted by Gasteiger charge is 2.32. The maximum Gasteiger partial charge on any atom is 0.307 e. The lowest BCUT2D eigenvalue weighted by molar-refractivity contribution is -0.141. The molecule has 1 aromatic rings. The maximum absolute atomic E-state index is 12.2. The monoisotopic (exact) mass is 320 g/mol. The average Bonchev–Trinajstić information content (AvgIpc) is 2.35. The van der Waals surface area contributed by atoms with E-state index in [0.29, 0.717) is 0 Å². The predicted octanol–water partition coefficient (Wildman–Crippen LogP) is 0.973. The molecule has 0 saturated heterocycles. The number of rotatable bonds is 5.